The molecule has 0 aromatic carbocycles. The Hall–Kier alpha value is -4.97. The molecule has 0 N–H and O–H groups in total. The summed E-state index contributed by atoms with van der Waals surface area (Å²) >= 11 is 0. The van der Waals surface area contributed by atoms with E-state index in [4.69, 9.17) is 14.2 Å². The number of unbranched alkanes of at least 4 members (excludes halogenated alkanes) is 14. The Morgan fingerprint density at radius 1 is 0.324 bits per heavy atom. The fourth-order valence-electron chi connectivity index (χ4n) is 6.50. The van der Waals surface area contributed by atoms with E-state index < -0.39 is 6.10 Å². The smallest absolute Gasteiger partial charge is 0.306 e. The van der Waals surface area contributed by atoms with Crippen molar-refractivity contribution in [2.45, 2.75) is 200 Å². The van der Waals surface area contributed by atoms with Gasteiger partial charge < -0.3 is 14.2 Å². The van der Waals surface area contributed by atoms with Crippen LogP contribution in [-0.4, -0.2) is 37.2 Å². The van der Waals surface area contributed by atoms with Crippen molar-refractivity contribution in [2.75, 3.05) is 13.2 Å². The van der Waals surface area contributed by atoms with Crippen LogP contribution in [-0.2, 0) is 28.6 Å². The third-order valence-electron chi connectivity index (χ3n) is 10.4. The van der Waals surface area contributed by atoms with Crippen molar-refractivity contribution >= 4 is 17.9 Å². The third kappa shape index (κ3) is 52.0. The molecule has 0 bridgehead atoms. The van der Waals surface area contributed by atoms with E-state index in [9.17, 15) is 14.4 Å². The van der Waals surface area contributed by atoms with E-state index in [1.165, 1.54) is 6.42 Å². The lowest BCUT2D eigenvalue weighted by Crippen LogP contribution is -2.30. The highest BCUT2D eigenvalue weighted by Crippen LogP contribution is 2.12. The molecule has 0 rings (SSSR count). The van der Waals surface area contributed by atoms with Crippen molar-refractivity contribution in [3.05, 3.63) is 158 Å². The van der Waals surface area contributed by atoms with Crippen LogP contribution in [0.15, 0.2) is 158 Å². The molecule has 0 saturated carbocycles. The van der Waals surface area contributed by atoms with Crippen molar-refractivity contribution in [2.24, 2.45) is 0 Å². The van der Waals surface area contributed by atoms with E-state index in [0.717, 1.165) is 148 Å². The molecule has 0 spiro atoms. The number of carbonyl (C=O) groups excluding carboxylic acids is 3. The molecular weight excluding hydrogens is 841 g/mol. The highest BCUT2D eigenvalue weighted by molar-refractivity contribution is 5.71. The molecule has 68 heavy (non-hydrogen) atoms. The maximum absolute atomic E-state index is 12.8. The maximum atomic E-state index is 12.8. The van der Waals surface area contributed by atoms with E-state index in [1.54, 1.807) is 0 Å². The molecule has 0 aliphatic carbocycles. The van der Waals surface area contributed by atoms with Gasteiger partial charge in [-0.1, -0.05) is 230 Å². The molecule has 0 radical (unpaired) electrons. The number of hydrogen-bond acceptors (Lipinski definition) is 6. The Balaban J connectivity index is 4.57. The fourth-order valence-corrected chi connectivity index (χ4v) is 6.50. The van der Waals surface area contributed by atoms with Gasteiger partial charge in [-0.2, -0.15) is 0 Å². The largest absolute Gasteiger partial charge is 0.462 e. The lowest BCUT2D eigenvalue weighted by molar-refractivity contribution is -0.167. The molecule has 1 atom stereocenters. The molecule has 1 unspecified atom stereocenters. The van der Waals surface area contributed by atoms with Crippen molar-refractivity contribution in [3.8, 4) is 0 Å². The number of ether oxygens (including phenoxy) is 3. The van der Waals surface area contributed by atoms with Gasteiger partial charge in [0.1, 0.15) is 13.2 Å². The van der Waals surface area contributed by atoms with Gasteiger partial charge >= 0.3 is 17.9 Å². The van der Waals surface area contributed by atoms with E-state index >= 15 is 0 Å². The van der Waals surface area contributed by atoms with E-state index in [2.05, 4.69) is 136 Å². The van der Waals surface area contributed by atoms with Gasteiger partial charge in [-0.3, -0.25) is 14.4 Å². The van der Waals surface area contributed by atoms with Crippen LogP contribution in [0.5, 0.6) is 0 Å². The molecule has 0 aliphatic rings. The molecule has 6 nitrogen and oxygen atoms in total. The number of hydrogen-bond donors (Lipinski definition) is 0. The van der Waals surface area contributed by atoms with E-state index in [0.29, 0.717) is 12.8 Å². The summed E-state index contributed by atoms with van der Waals surface area (Å²) in [6.45, 7) is 6.21. The van der Waals surface area contributed by atoms with Crippen molar-refractivity contribution in [1.29, 1.82) is 0 Å². The Kier molecular flexibility index (Phi) is 50.6. The minimum atomic E-state index is -0.822. The van der Waals surface area contributed by atoms with Crippen LogP contribution in [0.25, 0.3) is 0 Å². The molecule has 0 aromatic rings. The molecule has 0 fully saturated rings. The van der Waals surface area contributed by atoms with Gasteiger partial charge in [-0.05, 0) is 103 Å². The zero-order valence-corrected chi connectivity index (χ0v) is 43.0. The molecule has 0 aliphatic heterocycles. The summed E-state index contributed by atoms with van der Waals surface area (Å²) in [7, 11) is 0. The summed E-state index contributed by atoms with van der Waals surface area (Å²) in [6.07, 6.45) is 79.3. The van der Waals surface area contributed by atoms with Crippen LogP contribution in [0.1, 0.15) is 194 Å². The predicted octanol–water partition coefficient (Wildman–Crippen LogP) is 17.8. The third-order valence-corrected chi connectivity index (χ3v) is 10.4. The Labute approximate surface area is 416 Å². The molecule has 0 amide bonds. The monoisotopic (exact) mass is 935 g/mol. The summed E-state index contributed by atoms with van der Waals surface area (Å²) in [5, 5.41) is 0. The number of rotatable bonds is 45. The van der Waals surface area contributed by atoms with Crippen molar-refractivity contribution < 1.29 is 28.6 Å². The second-order valence-electron chi connectivity index (χ2n) is 16.8. The summed E-state index contributed by atoms with van der Waals surface area (Å²) in [6, 6.07) is 0. The first kappa shape index (κ1) is 63.0. The highest BCUT2D eigenvalue weighted by atomic mass is 16.6. The van der Waals surface area contributed by atoms with Crippen molar-refractivity contribution in [3.63, 3.8) is 0 Å². The SMILES string of the molecule is CC/C=C/C=C/C=C/CCCCCCCC(=O)OCC(COC(=O)CCCCC/C=C/C/C=C/C/C=C/C/C=C/C/C=C/CC)OC(=O)CCCCCCC/C=C/C=C/C=C/C=C/C=C/CCC. The van der Waals surface area contributed by atoms with E-state index in [-0.39, 0.29) is 37.5 Å². The van der Waals surface area contributed by atoms with Gasteiger partial charge in [0, 0.05) is 19.3 Å². The maximum Gasteiger partial charge on any atom is 0.306 e. The van der Waals surface area contributed by atoms with Gasteiger partial charge in [0.15, 0.2) is 6.10 Å². The molecule has 0 saturated heterocycles. The fraction of sp³-hybridized carbons (Fsp3) is 0.532. The van der Waals surface area contributed by atoms with Gasteiger partial charge in [-0.25, -0.2) is 0 Å². The number of allylic oxidation sites excluding steroid dienone is 26. The van der Waals surface area contributed by atoms with Gasteiger partial charge in [0.2, 0.25) is 0 Å². The summed E-state index contributed by atoms with van der Waals surface area (Å²) in [5.41, 5.74) is 0. The van der Waals surface area contributed by atoms with Crippen molar-refractivity contribution in [1.82, 2.24) is 0 Å². The average Bonchev–Trinajstić information content (AvgIpc) is 3.34. The second kappa shape index (κ2) is 54.6. The van der Waals surface area contributed by atoms with Crippen LogP contribution in [0.4, 0.5) is 0 Å². The summed E-state index contributed by atoms with van der Waals surface area (Å²) < 4.78 is 16.8. The van der Waals surface area contributed by atoms with Crippen LogP contribution in [0.2, 0.25) is 0 Å². The Bertz CT molecular complexity index is 1590. The number of esters is 3. The normalized spacial score (nSPS) is 13.4. The predicted molar refractivity (Wildman–Crippen MR) is 292 cm³/mol. The van der Waals surface area contributed by atoms with Crippen LogP contribution in [0, 0.1) is 0 Å². The van der Waals surface area contributed by atoms with Gasteiger partial charge in [0.25, 0.3) is 0 Å². The lowest BCUT2D eigenvalue weighted by Gasteiger charge is -2.18. The molecule has 6 heteroatoms. The molecule has 378 valence electrons. The average molecular weight is 935 g/mol. The van der Waals surface area contributed by atoms with Gasteiger partial charge in [-0.15, -0.1) is 0 Å². The first-order valence-corrected chi connectivity index (χ1v) is 26.6. The lowest BCUT2D eigenvalue weighted by atomic mass is 10.1. The minimum absolute atomic E-state index is 0.118. The second-order valence-corrected chi connectivity index (χ2v) is 16.8. The first-order valence-electron chi connectivity index (χ1n) is 26.6. The zero-order valence-electron chi connectivity index (χ0n) is 43.0. The minimum Gasteiger partial charge on any atom is -0.462 e. The van der Waals surface area contributed by atoms with Crippen LogP contribution in [0.3, 0.4) is 0 Å². The molecule has 0 heterocycles. The molecule has 0 aromatic heterocycles. The highest BCUT2D eigenvalue weighted by Gasteiger charge is 2.19. The Morgan fingerprint density at radius 2 is 0.647 bits per heavy atom. The van der Waals surface area contributed by atoms with Crippen LogP contribution >= 0.6 is 0 Å². The quantitative estimate of drug-likeness (QED) is 0.0199. The number of carbonyl (C=O) groups is 3. The molecular formula is C62H94O6. The standard InChI is InChI=1S/C62H94O6/c1-4-7-10-13-16-19-22-25-27-29-31-33-34-37-40-43-46-49-52-55-61(64)67-58-59(57-66-60(63)54-51-48-45-42-39-36-24-21-18-15-12-9-6-3)68-62(65)56-53-50-47-44-41-38-35-32-30-28-26-23-20-17-14-11-8-5-2/h7,9-12,14-21,23-28,30-33,35,37,40,59H,4-6,8,13,22,29,34,36,38-39,41-58H2,1-3H3/b10-7+,12-9+,14-11+,18-15+,19-16+,20-17+,24-21+,26-23+,27-25+,30-28+,33-31+,35-32+,40-37+. The summed E-state index contributed by atoms with van der Waals surface area (Å²) in [5.74, 6) is -1.01. The zero-order chi connectivity index (χ0) is 49.3. The van der Waals surface area contributed by atoms with Crippen LogP contribution < -0.4 is 0 Å². The van der Waals surface area contributed by atoms with Gasteiger partial charge in [0.05, 0.1) is 0 Å². The topological polar surface area (TPSA) is 78.9 Å². The van der Waals surface area contributed by atoms with E-state index in [1.807, 2.05) is 42.5 Å². The summed E-state index contributed by atoms with van der Waals surface area (Å²) in [4.78, 5) is 38.1. The first-order chi connectivity index (χ1) is 33.5. The Morgan fingerprint density at radius 3 is 1.09 bits per heavy atom.